The van der Waals surface area contributed by atoms with Crippen molar-refractivity contribution in [1.82, 2.24) is 19.6 Å². The molecular formula is C17H20N4O3. The minimum Gasteiger partial charge on any atom is -0.439 e. The SMILES string of the molecule is CN1CC2(CCCN(C(=O)Cn3ncc4ccccc43)C2)OC1=O. The number of carbonyl (C=O) groups excluding carboxylic acids is 2. The number of likely N-dealkylation sites (tertiary alicyclic amines) is 1. The van der Waals surface area contributed by atoms with E-state index in [0.717, 1.165) is 23.7 Å². The Bertz CT molecular complexity index is 802. The van der Waals surface area contributed by atoms with Crippen molar-refractivity contribution >= 4 is 22.9 Å². The van der Waals surface area contributed by atoms with Crippen LogP contribution in [0.25, 0.3) is 10.9 Å². The van der Waals surface area contributed by atoms with E-state index >= 15 is 0 Å². The van der Waals surface area contributed by atoms with Crippen LogP contribution in [0.1, 0.15) is 12.8 Å². The lowest BCUT2D eigenvalue weighted by Gasteiger charge is -2.38. The van der Waals surface area contributed by atoms with E-state index < -0.39 is 5.60 Å². The van der Waals surface area contributed by atoms with Crippen LogP contribution in [0, 0.1) is 0 Å². The molecule has 0 bridgehead atoms. The van der Waals surface area contributed by atoms with Crippen LogP contribution in [0.3, 0.4) is 0 Å². The molecule has 2 amide bonds. The standard InChI is InChI=1S/C17H20N4O3/c1-19-11-17(24-16(19)23)7-4-8-20(12-17)15(22)10-21-14-6-3-2-5-13(14)9-18-21/h2-3,5-6,9H,4,7-8,10-12H2,1H3. The molecule has 24 heavy (non-hydrogen) atoms. The fraction of sp³-hybridized carbons (Fsp3) is 0.471. The zero-order chi connectivity index (χ0) is 16.7. The third-order valence-electron chi connectivity index (χ3n) is 4.87. The molecule has 126 valence electrons. The largest absolute Gasteiger partial charge is 0.439 e. The van der Waals surface area contributed by atoms with Crippen LogP contribution in [-0.4, -0.2) is 63.9 Å². The summed E-state index contributed by atoms with van der Waals surface area (Å²) in [6.07, 6.45) is 3.11. The highest BCUT2D eigenvalue weighted by atomic mass is 16.6. The molecule has 7 heteroatoms. The number of ether oxygens (including phenoxy) is 1. The molecule has 4 rings (SSSR count). The number of aromatic nitrogens is 2. The number of carbonyl (C=O) groups is 2. The van der Waals surface area contributed by atoms with Gasteiger partial charge in [-0.3, -0.25) is 9.48 Å². The summed E-state index contributed by atoms with van der Waals surface area (Å²) >= 11 is 0. The Morgan fingerprint density at radius 2 is 2.17 bits per heavy atom. The highest BCUT2D eigenvalue weighted by Gasteiger charge is 2.47. The summed E-state index contributed by atoms with van der Waals surface area (Å²) in [4.78, 5) is 27.8. The molecule has 1 atom stereocenters. The predicted octanol–water partition coefficient (Wildman–Crippen LogP) is 1.48. The molecule has 2 saturated heterocycles. The van der Waals surface area contributed by atoms with Gasteiger partial charge in [0.1, 0.15) is 12.1 Å². The van der Waals surface area contributed by atoms with Gasteiger partial charge in [-0.15, -0.1) is 0 Å². The van der Waals surface area contributed by atoms with Crippen LogP contribution in [0.15, 0.2) is 30.5 Å². The molecule has 2 fully saturated rings. The molecule has 0 radical (unpaired) electrons. The van der Waals surface area contributed by atoms with Crippen LogP contribution >= 0.6 is 0 Å². The average Bonchev–Trinajstić information content (AvgIpc) is 3.09. The molecule has 3 heterocycles. The van der Waals surface area contributed by atoms with Crippen molar-refractivity contribution in [2.24, 2.45) is 0 Å². The number of benzene rings is 1. The molecular weight excluding hydrogens is 308 g/mol. The smallest absolute Gasteiger partial charge is 0.410 e. The molecule has 0 aliphatic carbocycles. The third kappa shape index (κ3) is 2.50. The summed E-state index contributed by atoms with van der Waals surface area (Å²) in [5, 5.41) is 5.34. The van der Waals surface area contributed by atoms with E-state index in [2.05, 4.69) is 5.10 Å². The van der Waals surface area contributed by atoms with Crippen LogP contribution < -0.4 is 0 Å². The number of amides is 2. The van der Waals surface area contributed by atoms with Gasteiger partial charge in [0.25, 0.3) is 0 Å². The van der Waals surface area contributed by atoms with E-state index in [1.807, 2.05) is 24.3 Å². The Kier molecular flexibility index (Phi) is 3.44. The van der Waals surface area contributed by atoms with E-state index in [0.29, 0.717) is 19.6 Å². The van der Waals surface area contributed by atoms with Gasteiger partial charge in [-0.2, -0.15) is 5.10 Å². The summed E-state index contributed by atoms with van der Waals surface area (Å²) in [7, 11) is 1.73. The number of piperidine rings is 1. The molecule has 1 unspecified atom stereocenters. The van der Waals surface area contributed by atoms with Gasteiger partial charge in [0.2, 0.25) is 5.91 Å². The molecule has 1 spiro atoms. The third-order valence-corrected chi connectivity index (χ3v) is 4.87. The van der Waals surface area contributed by atoms with Crippen LogP contribution in [0.4, 0.5) is 4.79 Å². The number of nitrogens with zero attached hydrogens (tertiary/aromatic N) is 4. The van der Waals surface area contributed by atoms with Crippen molar-refractivity contribution in [2.45, 2.75) is 25.0 Å². The maximum absolute atomic E-state index is 12.7. The second-order valence-electron chi connectivity index (χ2n) is 6.69. The molecule has 1 aromatic heterocycles. The Morgan fingerprint density at radius 3 is 2.96 bits per heavy atom. The number of para-hydroxylation sites is 1. The number of rotatable bonds is 2. The Morgan fingerprint density at radius 1 is 1.33 bits per heavy atom. The lowest BCUT2D eigenvalue weighted by molar-refractivity contribution is -0.137. The number of likely N-dealkylation sites (N-methyl/N-ethyl adjacent to an activating group) is 1. The van der Waals surface area contributed by atoms with E-state index in [1.165, 1.54) is 0 Å². The number of hydrogen-bond donors (Lipinski definition) is 0. The predicted molar refractivity (Wildman–Crippen MR) is 87.4 cm³/mol. The lowest BCUT2D eigenvalue weighted by Crippen LogP contribution is -2.53. The van der Waals surface area contributed by atoms with E-state index in [9.17, 15) is 9.59 Å². The Labute approximate surface area is 139 Å². The van der Waals surface area contributed by atoms with E-state index in [4.69, 9.17) is 4.74 Å². The fourth-order valence-electron chi connectivity index (χ4n) is 3.70. The maximum atomic E-state index is 12.7. The summed E-state index contributed by atoms with van der Waals surface area (Å²) in [5.74, 6) is 0.00790. The zero-order valence-electron chi connectivity index (χ0n) is 13.6. The van der Waals surface area contributed by atoms with Crippen molar-refractivity contribution < 1.29 is 14.3 Å². The van der Waals surface area contributed by atoms with Gasteiger partial charge in [-0.05, 0) is 18.9 Å². The van der Waals surface area contributed by atoms with E-state index in [1.54, 1.807) is 27.7 Å². The van der Waals surface area contributed by atoms with Gasteiger partial charge in [-0.1, -0.05) is 18.2 Å². The first kappa shape index (κ1) is 15.0. The first-order valence-corrected chi connectivity index (χ1v) is 8.19. The monoisotopic (exact) mass is 328 g/mol. The van der Waals surface area contributed by atoms with Gasteiger partial charge in [0.15, 0.2) is 0 Å². The summed E-state index contributed by atoms with van der Waals surface area (Å²) in [6, 6.07) is 7.83. The highest BCUT2D eigenvalue weighted by molar-refractivity contribution is 5.82. The Hall–Kier alpha value is -2.57. The van der Waals surface area contributed by atoms with Gasteiger partial charge in [-0.25, -0.2) is 4.79 Å². The first-order valence-electron chi connectivity index (χ1n) is 8.19. The maximum Gasteiger partial charge on any atom is 0.410 e. The first-order chi connectivity index (χ1) is 11.6. The van der Waals surface area contributed by atoms with Crippen molar-refractivity contribution in [3.63, 3.8) is 0 Å². The normalized spacial score (nSPS) is 24.0. The van der Waals surface area contributed by atoms with Crippen molar-refractivity contribution in [3.05, 3.63) is 30.5 Å². The van der Waals surface area contributed by atoms with Crippen LogP contribution in [0.2, 0.25) is 0 Å². The molecule has 0 N–H and O–H groups in total. The van der Waals surface area contributed by atoms with Crippen LogP contribution in [-0.2, 0) is 16.1 Å². The molecule has 2 aliphatic heterocycles. The van der Waals surface area contributed by atoms with Gasteiger partial charge in [0.05, 0.1) is 24.8 Å². The molecule has 0 saturated carbocycles. The highest BCUT2D eigenvalue weighted by Crippen LogP contribution is 2.31. The quantitative estimate of drug-likeness (QED) is 0.837. The Balaban J connectivity index is 1.49. The van der Waals surface area contributed by atoms with Crippen molar-refractivity contribution in [3.8, 4) is 0 Å². The summed E-state index contributed by atoms with van der Waals surface area (Å²) in [5.41, 5.74) is 0.399. The minimum absolute atomic E-state index is 0.00790. The lowest BCUT2D eigenvalue weighted by atomic mass is 9.93. The van der Waals surface area contributed by atoms with Gasteiger partial charge >= 0.3 is 6.09 Å². The van der Waals surface area contributed by atoms with Gasteiger partial charge in [0, 0.05) is 19.0 Å². The molecule has 2 aliphatic rings. The summed E-state index contributed by atoms with van der Waals surface area (Å²) < 4.78 is 7.29. The average molecular weight is 328 g/mol. The van der Waals surface area contributed by atoms with Crippen molar-refractivity contribution in [2.75, 3.05) is 26.7 Å². The van der Waals surface area contributed by atoms with E-state index in [-0.39, 0.29) is 18.5 Å². The number of fused-ring (bicyclic) bond motifs is 1. The number of hydrogen-bond acceptors (Lipinski definition) is 4. The topological polar surface area (TPSA) is 67.7 Å². The molecule has 7 nitrogen and oxygen atoms in total. The molecule has 1 aromatic carbocycles. The van der Waals surface area contributed by atoms with Crippen molar-refractivity contribution in [1.29, 1.82) is 0 Å². The fourth-order valence-corrected chi connectivity index (χ4v) is 3.70. The minimum atomic E-state index is -0.550. The second-order valence-corrected chi connectivity index (χ2v) is 6.69. The second kappa shape index (κ2) is 5.51. The molecule has 2 aromatic rings. The zero-order valence-corrected chi connectivity index (χ0v) is 13.6. The summed E-state index contributed by atoms with van der Waals surface area (Å²) in [6.45, 7) is 1.90. The van der Waals surface area contributed by atoms with Crippen LogP contribution in [0.5, 0.6) is 0 Å². The van der Waals surface area contributed by atoms with Gasteiger partial charge < -0.3 is 14.5 Å².